The lowest BCUT2D eigenvalue weighted by Gasteiger charge is -2.07. The van der Waals surface area contributed by atoms with Gasteiger partial charge in [0.1, 0.15) is 5.75 Å². The van der Waals surface area contributed by atoms with E-state index in [9.17, 15) is 4.79 Å². The molecule has 0 aliphatic carbocycles. The number of hydrogen-bond acceptors (Lipinski definition) is 3. The Labute approximate surface area is 137 Å². The number of nitrogens with one attached hydrogen (secondary N) is 1. The first kappa shape index (κ1) is 16.7. The SMILES string of the molecule is COc1cccc(C=Nc2ccc(NC(=O)CC(C)C)cc2)c1. The van der Waals surface area contributed by atoms with Crippen LogP contribution in [0.1, 0.15) is 25.8 Å². The van der Waals surface area contributed by atoms with E-state index in [0.29, 0.717) is 12.3 Å². The van der Waals surface area contributed by atoms with Crippen molar-refractivity contribution >= 4 is 23.5 Å². The lowest BCUT2D eigenvalue weighted by atomic mass is 10.1. The van der Waals surface area contributed by atoms with Crippen molar-refractivity contribution in [2.75, 3.05) is 12.4 Å². The van der Waals surface area contributed by atoms with Crippen molar-refractivity contribution in [3.63, 3.8) is 0 Å². The highest BCUT2D eigenvalue weighted by molar-refractivity contribution is 5.91. The minimum Gasteiger partial charge on any atom is -0.497 e. The van der Waals surface area contributed by atoms with Crippen LogP contribution in [0.4, 0.5) is 11.4 Å². The molecule has 2 aromatic carbocycles. The summed E-state index contributed by atoms with van der Waals surface area (Å²) in [6.45, 7) is 4.05. The summed E-state index contributed by atoms with van der Waals surface area (Å²) >= 11 is 0. The molecule has 2 rings (SSSR count). The third-order valence-electron chi connectivity index (χ3n) is 3.20. The first-order valence-electron chi connectivity index (χ1n) is 7.65. The summed E-state index contributed by atoms with van der Waals surface area (Å²) in [5.41, 5.74) is 2.59. The number of hydrogen-bond donors (Lipinski definition) is 1. The van der Waals surface area contributed by atoms with Gasteiger partial charge in [-0.2, -0.15) is 0 Å². The van der Waals surface area contributed by atoms with E-state index in [0.717, 1.165) is 22.7 Å². The molecule has 0 aliphatic rings. The van der Waals surface area contributed by atoms with Crippen molar-refractivity contribution in [3.8, 4) is 5.75 Å². The molecule has 0 saturated carbocycles. The first-order valence-corrected chi connectivity index (χ1v) is 7.65. The van der Waals surface area contributed by atoms with Gasteiger partial charge in [-0.25, -0.2) is 0 Å². The van der Waals surface area contributed by atoms with Gasteiger partial charge in [0, 0.05) is 18.3 Å². The number of amides is 1. The van der Waals surface area contributed by atoms with Gasteiger partial charge < -0.3 is 10.1 Å². The molecule has 2 aromatic rings. The van der Waals surface area contributed by atoms with Gasteiger partial charge in [-0.05, 0) is 47.9 Å². The highest BCUT2D eigenvalue weighted by atomic mass is 16.5. The number of carbonyl (C=O) groups excluding carboxylic acids is 1. The number of ether oxygens (including phenoxy) is 1. The molecule has 4 nitrogen and oxygen atoms in total. The van der Waals surface area contributed by atoms with Crippen molar-refractivity contribution < 1.29 is 9.53 Å². The van der Waals surface area contributed by atoms with Crippen LogP contribution in [0.15, 0.2) is 53.5 Å². The minimum atomic E-state index is 0.0348. The monoisotopic (exact) mass is 310 g/mol. The number of nitrogens with zero attached hydrogens (tertiary/aromatic N) is 1. The zero-order valence-electron chi connectivity index (χ0n) is 13.7. The Hall–Kier alpha value is -2.62. The molecule has 120 valence electrons. The van der Waals surface area contributed by atoms with Crippen molar-refractivity contribution in [1.82, 2.24) is 0 Å². The van der Waals surface area contributed by atoms with Gasteiger partial charge in [0.2, 0.25) is 5.91 Å². The molecule has 0 heterocycles. The predicted molar refractivity (Wildman–Crippen MR) is 94.8 cm³/mol. The fourth-order valence-electron chi connectivity index (χ4n) is 2.08. The molecule has 0 bridgehead atoms. The summed E-state index contributed by atoms with van der Waals surface area (Å²) in [6.07, 6.45) is 2.31. The predicted octanol–water partition coefficient (Wildman–Crippen LogP) is 4.43. The van der Waals surface area contributed by atoms with Crippen LogP contribution < -0.4 is 10.1 Å². The van der Waals surface area contributed by atoms with Crippen LogP contribution in [0, 0.1) is 5.92 Å². The minimum absolute atomic E-state index is 0.0348. The summed E-state index contributed by atoms with van der Waals surface area (Å²) in [5, 5.41) is 2.88. The van der Waals surface area contributed by atoms with Crippen LogP contribution in [0.25, 0.3) is 0 Å². The Morgan fingerprint density at radius 1 is 1.22 bits per heavy atom. The van der Waals surface area contributed by atoms with Gasteiger partial charge in [-0.1, -0.05) is 26.0 Å². The average Bonchev–Trinajstić information content (AvgIpc) is 2.53. The van der Waals surface area contributed by atoms with Crippen LogP contribution in [0.5, 0.6) is 5.75 Å². The molecule has 0 radical (unpaired) electrons. The molecule has 1 N–H and O–H groups in total. The van der Waals surface area contributed by atoms with E-state index in [1.807, 2.05) is 62.4 Å². The zero-order valence-corrected chi connectivity index (χ0v) is 13.7. The Morgan fingerprint density at radius 2 is 1.96 bits per heavy atom. The van der Waals surface area contributed by atoms with Gasteiger partial charge in [-0.3, -0.25) is 9.79 Å². The number of carbonyl (C=O) groups is 1. The molecular weight excluding hydrogens is 288 g/mol. The average molecular weight is 310 g/mol. The molecule has 0 aromatic heterocycles. The first-order chi connectivity index (χ1) is 11.1. The van der Waals surface area contributed by atoms with E-state index in [4.69, 9.17) is 4.74 Å². The normalized spacial score (nSPS) is 11.0. The summed E-state index contributed by atoms with van der Waals surface area (Å²) < 4.78 is 5.19. The summed E-state index contributed by atoms with van der Waals surface area (Å²) in [5.74, 6) is 1.19. The molecular formula is C19H22N2O2. The fourth-order valence-corrected chi connectivity index (χ4v) is 2.08. The second-order valence-electron chi connectivity index (χ2n) is 5.73. The maximum atomic E-state index is 11.7. The van der Waals surface area contributed by atoms with Crippen LogP contribution in [-0.2, 0) is 4.79 Å². The van der Waals surface area contributed by atoms with E-state index in [1.54, 1.807) is 13.3 Å². The number of benzene rings is 2. The largest absolute Gasteiger partial charge is 0.497 e. The quantitative estimate of drug-likeness (QED) is 0.802. The highest BCUT2D eigenvalue weighted by Crippen LogP contribution is 2.18. The Bertz CT molecular complexity index is 676. The maximum Gasteiger partial charge on any atom is 0.224 e. The molecule has 0 unspecified atom stereocenters. The topological polar surface area (TPSA) is 50.7 Å². The second kappa shape index (κ2) is 8.13. The molecule has 1 amide bonds. The number of methoxy groups -OCH3 is 1. The van der Waals surface area contributed by atoms with Crippen molar-refractivity contribution in [1.29, 1.82) is 0 Å². The summed E-state index contributed by atoms with van der Waals surface area (Å²) in [6, 6.07) is 15.2. The van der Waals surface area contributed by atoms with E-state index >= 15 is 0 Å². The number of aliphatic imine (C=N–C) groups is 1. The van der Waals surface area contributed by atoms with E-state index in [1.165, 1.54) is 0 Å². The molecule has 0 atom stereocenters. The van der Waals surface area contributed by atoms with Crippen LogP contribution in [0.2, 0.25) is 0 Å². The lowest BCUT2D eigenvalue weighted by Crippen LogP contribution is -2.13. The number of anilines is 1. The van der Waals surface area contributed by atoms with Crippen LogP contribution >= 0.6 is 0 Å². The second-order valence-corrected chi connectivity index (χ2v) is 5.73. The van der Waals surface area contributed by atoms with Crippen LogP contribution in [-0.4, -0.2) is 19.2 Å². The van der Waals surface area contributed by atoms with Gasteiger partial charge in [-0.15, -0.1) is 0 Å². The van der Waals surface area contributed by atoms with Gasteiger partial charge in [0.05, 0.1) is 12.8 Å². The van der Waals surface area contributed by atoms with Crippen molar-refractivity contribution in [2.45, 2.75) is 20.3 Å². The molecule has 0 aliphatic heterocycles. The maximum absolute atomic E-state index is 11.7. The zero-order chi connectivity index (χ0) is 16.7. The van der Waals surface area contributed by atoms with Crippen molar-refractivity contribution in [2.24, 2.45) is 10.9 Å². The van der Waals surface area contributed by atoms with Gasteiger partial charge in [0.15, 0.2) is 0 Å². The van der Waals surface area contributed by atoms with Gasteiger partial charge in [0.25, 0.3) is 0 Å². The lowest BCUT2D eigenvalue weighted by molar-refractivity contribution is -0.116. The number of rotatable bonds is 6. The third-order valence-corrected chi connectivity index (χ3v) is 3.20. The summed E-state index contributed by atoms with van der Waals surface area (Å²) in [4.78, 5) is 16.2. The molecule has 23 heavy (non-hydrogen) atoms. The van der Waals surface area contributed by atoms with E-state index in [-0.39, 0.29) is 5.91 Å². The smallest absolute Gasteiger partial charge is 0.224 e. The van der Waals surface area contributed by atoms with E-state index in [2.05, 4.69) is 10.3 Å². The van der Waals surface area contributed by atoms with Crippen molar-refractivity contribution in [3.05, 3.63) is 54.1 Å². The molecule has 0 spiro atoms. The standard InChI is InChI=1S/C19H22N2O2/c1-14(2)11-19(22)21-17-9-7-16(8-10-17)20-13-15-5-4-6-18(12-15)23-3/h4-10,12-14H,11H2,1-3H3,(H,21,22). The fraction of sp³-hybridized carbons (Fsp3) is 0.263. The molecule has 0 saturated heterocycles. The molecule has 4 heteroatoms. The third kappa shape index (κ3) is 5.58. The Morgan fingerprint density at radius 3 is 2.61 bits per heavy atom. The Kier molecular flexibility index (Phi) is 5.92. The van der Waals surface area contributed by atoms with Crippen LogP contribution in [0.3, 0.4) is 0 Å². The Balaban J connectivity index is 1.99. The highest BCUT2D eigenvalue weighted by Gasteiger charge is 2.04. The summed E-state index contributed by atoms with van der Waals surface area (Å²) in [7, 11) is 1.64. The van der Waals surface area contributed by atoms with E-state index < -0.39 is 0 Å². The van der Waals surface area contributed by atoms with Gasteiger partial charge >= 0.3 is 0 Å². The molecule has 0 fully saturated rings.